The van der Waals surface area contributed by atoms with Gasteiger partial charge in [-0.15, -0.1) is 0 Å². The second kappa shape index (κ2) is 14.7. The van der Waals surface area contributed by atoms with Gasteiger partial charge in [-0.3, -0.25) is 4.79 Å². The number of aliphatic carboxylic acids is 1. The summed E-state index contributed by atoms with van der Waals surface area (Å²) in [6.07, 6.45) is 4.88. The number of carbonyl (C=O) groups excluding carboxylic acids is 1. The Balaban J connectivity index is 2.21. The predicted octanol–water partition coefficient (Wildman–Crippen LogP) is 0.932. The predicted molar refractivity (Wildman–Crippen MR) is 105 cm³/mol. The van der Waals surface area contributed by atoms with Gasteiger partial charge in [0.15, 0.2) is 12.3 Å². The number of nitrogens with one attached hydrogen (secondary N) is 1. The maximum Gasteiger partial charge on any atom is 0.328 e. The molecule has 0 spiro atoms. The van der Waals surface area contributed by atoms with E-state index in [0.29, 0.717) is 6.42 Å². The molecule has 1 heterocycles. The number of ether oxygens (including phenoxy) is 2. The molecule has 1 aliphatic rings. The maximum atomic E-state index is 12.0. The van der Waals surface area contributed by atoms with Crippen molar-refractivity contribution >= 4 is 11.9 Å². The van der Waals surface area contributed by atoms with Gasteiger partial charge in [0.05, 0.1) is 13.2 Å². The van der Waals surface area contributed by atoms with Crippen LogP contribution in [-0.4, -0.2) is 76.2 Å². The molecule has 1 saturated heterocycles. The Hall–Kier alpha value is -1.26. The summed E-state index contributed by atoms with van der Waals surface area (Å²) in [6, 6.07) is -1.29. The van der Waals surface area contributed by atoms with Crippen LogP contribution in [0.5, 0.6) is 0 Å². The van der Waals surface area contributed by atoms with Gasteiger partial charge >= 0.3 is 5.97 Å². The number of aliphatic hydroxyl groups is 3. The highest BCUT2D eigenvalue weighted by Crippen LogP contribution is 2.17. The summed E-state index contributed by atoms with van der Waals surface area (Å²) in [7, 11) is 0. The molecule has 170 valence electrons. The fraction of sp³-hybridized carbons (Fsp3) is 0.900. The Morgan fingerprint density at radius 3 is 2.17 bits per heavy atom. The third-order valence-corrected chi connectivity index (χ3v) is 5.02. The molecule has 0 aromatic carbocycles. The Kier molecular flexibility index (Phi) is 13.0. The minimum Gasteiger partial charge on any atom is -0.480 e. The first kappa shape index (κ1) is 25.8. The molecular formula is C20H37NO8. The van der Waals surface area contributed by atoms with Crippen molar-refractivity contribution in [3.05, 3.63) is 0 Å². The molecule has 9 nitrogen and oxygen atoms in total. The van der Waals surface area contributed by atoms with E-state index >= 15 is 0 Å². The van der Waals surface area contributed by atoms with Crippen LogP contribution in [0.2, 0.25) is 0 Å². The van der Waals surface area contributed by atoms with Gasteiger partial charge in [0.25, 0.3) is 0 Å². The molecule has 1 amide bonds. The zero-order valence-electron chi connectivity index (χ0n) is 17.3. The van der Waals surface area contributed by atoms with E-state index in [0.717, 1.165) is 19.3 Å². The quantitative estimate of drug-likeness (QED) is 0.247. The van der Waals surface area contributed by atoms with Gasteiger partial charge < -0.3 is 35.2 Å². The Morgan fingerprint density at radius 1 is 1.00 bits per heavy atom. The van der Waals surface area contributed by atoms with Crippen molar-refractivity contribution in [1.29, 1.82) is 0 Å². The van der Waals surface area contributed by atoms with E-state index in [1.54, 1.807) is 0 Å². The fourth-order valence-electron chi connectivity index (χ4n) is 3.15. The zero-order valence-corrected chi connectivity index (χ0v) is 17.3. The second-order valence-electron chi connectivity index (χ2n) is 7.62. The van der Waals surface area contributed by atoms with Crippen molar-refractivity contribution < 1.29 is 39.5 Å². The Bertz CT molecular complexity index is 475. The van der Waals surface area contributed by atoms with Gasteiger partial charge in [-0.1, -0.05) is 58.3 Å². The molecule has 29 heavy (non-hydrogen) atoms. The molecule has 0 saturated carbocycles. The SMILES string of the molecule is CCCCCCCCCCCC(=O)N[C@@H](CO[C@@H]1OC[C@@H](O)[C@H](O)[C@H]1O)C(=O)O. The fourth-order valence-corrected chi connectivity index (χ4v) is 3.15. The van der Waals surface area contributed by atoms with E-state index in [9.17, 15) is 30.0 Å². The first-order valence-electron chi connectivity index (χ1n) is 10.7. The zero-order chi connectivity index (χ0) is 21.6. The third-order valence-electron chi connectivity index (χ3n) is 5.02. The summed E-state index contributed by atoms with van der Waals surface area (Å²) in [5, 5.41) is 40.4. The van der Waals surface area contributed by atoms with Gasteiger partial charge in [0.1, 0.15) is 18.3 Å². The number of carboxylic acids is 1. The van der Waals surface area contributed by atoms with Crippen LogP contribution in [0.3, 0.4) is 0 Å². The number of hydrogen-bond acceptors (Lipinski definition) is 7. The number of carboxylic acid groups (broad SMARTS) is 1. The number of carbonyl (C=O) groups is 2. The molecule has 0 unspecified atom stereocenters. The number of aliphatic hydroxyl groups excluding tert-OH is 3. The number of unbranched alkanes of at least 4 members (excludes halogenated alkanes) is 8. The summed E-state index contributed by atoms with van der Waals surface area (Å²) < 4.78 is 10.3. The van der Waals surface area contributed by atoms with E-state index in [1.807, 2.05) is 0 Å². The molecule has 1 aliphatic heterocycles. The van der Waals surface area contributed by atoms with E-state index in [1.165, 1.54) is 32.1 Å². The van der Waals surface area contributed by atoms with Crippen molar-refractivity contribution in [2.45, 2.75) is 102 Å². The third kappa shape index (κ3) is 10.4. The van der Waals surface area contributed by atoms with Crippen LogP contribution in [0.25, 0.3) is 0 Å². The minimum absolute atomic E-state index is 0.243. The molecule has 9 heteroatoms. The molecule has 0 bridgehead atoms. The molecule has 0 radical (unpaired) electrons. The summed E-state index contributed by atoms with van der Waals surface area (Å²) in [5.41, 5.74) is 0. The molecule has 0 aromatic heterocycles. The van der Waals surface area contributed by atoms with Crippen LogP contribution in [0.15, 0.2) is 0 Å². The topological polar surface area (TPSA) is 146 Å². The highest BCUT2D eigenvalue weighted by atomic mass is 16.7. The normalized spacial score (nSPS) is 25.5. The lowest BCUT2D eigenvalue weighted by molar-refractivity contribution is -0.271. The van der Waals surface area contributed by atoms with Crippen LogP contribution in [0.1, 0.15) is 71.1 Å². The van der Waals surface area contributed by atoms with Crippen molar-refractivity contribution in [3.8, 4) is 0 Å². The Labute approximate surface area is 172 Å². The summed E-state index contributed by atoms with van der Waals surface area (Å²) in [4.78, 5) is 23.3. The first-order valence-corrected chi connectivity index (χ1v) is 10.7. The van der Waals surface area contributed by atoms with Crippen LogP contribution in [-0.2, 0) is 19.1 Å². The molecule has 1 rings (SSSR count). The lowest BCUT2D eigenvalue weighted by Gasteiger charge is -2.35. The second-order valence-corrected chi connectivity index (χ2v) is 7.62. The number of hydrogen-bond donors (Lipinski definition) is 5. The molecular weight excluding hydrogens is 382 g/mol. The monoisotopic (exact) mass is 419 g/mol. The van der Waals surface area contributed by atoms with Gasteiger partial charge in [-0.25, -0.2) is 4.79 Å². The average molecular weight is 420 g/mol. The van der Waals surface area contributed by atoms with Crippen LogP contribution >= 0.6 is 0 Å². The van der Waals surface area contributed by atoms with E-state index in [2.05, 4.69) is 12.2 Å². The largest absolute Gasteiger partial charge is 0.480 e. The van der Waals surface area contributed by atoms with Crippen molar-refractivity contribution in [2.24, 2.45) is 0 Å². The van der Waals surface area contributed by atoms with Gasteiger partial charge in [0.2, 0.25) is 5.91 Å². The summed E-state index contributed by atoms with van der Waals surface area (Å²) in [5.74, 6) is -1.64. The lowest BCUT2D eigenvalue weighted by Crippen LogP contribution is -2.55. The minimum atomic E-state index is -1.51. The summed E-state index contributed by atoms with van der Waals surface area (Å²) in [6.45, 7) is 1.52. The maximum absolute atomic E-state index is 12.0. The standard InChI is InChI=1S/C20H37NO8/c1-2-3-4-5-6-7-8-9-10-11-16(23)21-14(19(26)27)12-28-20-18(25)17(24)15(22)13-29-20/h14-15,17-18,20,22,24-25H,2-13H2,1H3,(H,21,23)(H,26,27)/t14-,15+,17-,18+,20+/m0/s1. The van der Waals surface area contributed by atoms with Crippen molar-refractivity contribution in [3.63, 3.8) is 0 Å². The summed E-state index contributed by atoms with van der Waals surface area (Å²) >= 11 is 0. The lowest BCUT2D eigenvalue weighted by atomic mass is 10.1. The van der Waals surface area contributed by atoms with Crippen LogP contribution in [0, 0.1) is 0 Å². The Morgan fingerprint density at radius 2 is 1.59 bits per heavy atom. The molecule has 0 aliphatic carbocycles. The molecule has 0 aromatic rings. The average Bonchev–Trinajstić information content (AvgIpc) is 2.69. The van der Waals surface area contributed by atoms with Crippen LogP contribution < -0.4 is 5.32 Å². The molecule has 5 N–H and O–H groups in total. The molecule has 5 atom stereocenters. The van der Waals surface area contributed by atoms with E-state index < -0.39 is 43.2 Å². The van der Waals surface area contributed by atoms with E-state index in [4.69, 9.17) is 9.47 Å². The van der Waals surface area contributed by atoms with Gasteiger partial charge in [0, 0.05) is 6.42 Å². The highest BCUT2D eigenvalue weighted by molar-refractivity contribution is 5.83. The molecule has 1 fully saturated rings. The van der Waals surface area contributed by atoms with Gasteiger partial charge in [-0.2, -0.15) is 0 Å². The smallest absolute Gasteiger partial charge is 0.328 e. The first-order chi connectivity index (χ1) is 13.9. The van der Waals surface area contributed by atoms with Crippen molar-refractivity contribution in [2.75, 3.05) is 13.2 Å². The van der Waals surface area contributed by atoms with Crippen molar-refractivity contribution in [1.82, 2.24) is 5.32 Å². The van der Waals surface area contributed by atoms with E-state index in [-0.39, 0.29) is 18.9 Å². The number of amides is 1. The van der Waals surface area contributed by atoms with Crippen LogP contribution in [0.4, 0.5) is 0 Å². The van der Waals surface area contributed by atoms with Gasteiger partial charge in [-0.05, 0) is 6.42 Å². The highest BCUT2D eigenvalue weighted by Gasteiger charge is 2.38. The number of rotatable bonds is 15.